The average Bonchev–Trinajstić information content (AvgIpc) is 2.79. The number of aromatic nitrogens is 2. The van der Waals surface area contributed by atoms with Crippen molar-refractivity contribution in [3.63, 3.8) is 0 Å². The number of aryl methyl sites for hydroxylation is 2. The van der Waals surface area contributed by atoms with Crippen LogP contribution in [0.15, 0.2) is 30.3 Å². The van der Waals surface area contributed by atoms with Gasteiger partial charge in [-0.2, -0.15) is 5.10 Å². The minimum Gasteiger partial charge on any atom is -0.398 e. The van der Waals surface area contributed by atoms with E-state index in [1.165, 1.54) is 0 Å². The summed E-state index contributed by atoms with van der Waals surface area (Å²) in [4.78, 5) is 12.1. The van der Waals surface area contributed by atoms with E-state index in [1.54, 1.807) is 11.7 Å². The lowest BCUT2D eigenvalue weighted by Crippen LogP contribution is -2.25. The molecule has 0 bridgehead atoms. The number of carbonyl (C=O) groups is 1. The van der Waals surface area contributed by atoms with Crippen molar-refractivity contribution in [2.24, 2.45) is 7.05 Å². The minimum atomic E-state index is -0.141. The van der Waals surface area contributed by atoms with E-state index >= 15 is 0 Å². The van der Waals surface area contributed by atoms with Crippen molar-refractivity contribution in [1.29, 1.82) is 0 Å². The van der Waals surface area contributed by atoms with Crippen LogP contribution in [0.25, 0.3) is 0 Å². The van der Waals surface area contributed by atoms with Gasteiger partial charge in [0.25, 0.3) is 5.91 Å². The standard InChI is InChI=1S/C14H18N4O/c1-3-11-8-13(18(2)17-11)14(19)16-9-10-6-4-5-7-12(10)15/h4-8H,3,9,15H2,1-2H3,(H,16,19). The molecule has 2 rings (SSSR count). The van der Waals surface area contributed by atoms with Crippen molar-refractivity contribution in [2.75, 3.05) is 5.73 Å². The van der Waals surface area contributed by atoms with Crippen LogP contribution in [0.5, 0.6) is 0 Å². The predicted octanol–water partition coefficient (Wildman–Crippen LogP) is 1.49. The fourth-order valence-electron chi connectivity index (χ4n) is 1.87. The van der Waals surface area contributed by atoms with Crippen LogP contribution in [0.2, 0.25) is 0 Å². The smallest absolute Gasteiger partial charge is 0.269 e. The molecule has 5 nitrogen and oxygen atoms in total. The summed E-state index contributed by atoms with van der Waals surface area (Å²) in [6.45, 7) is 2.42. The van der Waals surface area contributed by atoms with Crippen molar-refractivity contribution in [1.82, 2.24) is 15.1 Å². The first-order chi connectivity index (χ1) is 9.11. The molecule has 1 aromatic heterocycles. The first-order valence-corrected chi connectivity index (χ1v) is 6.26. The van der Waals surface area contributed by atoms with Gasteiger partial charge in [-0.15, -0.1) is 0 Å². The van der Waals surface area contributed by atoms with Gasteiger partial charge in [-0.1, -0.05) is 25.1 Å². The number of amides is 1. The molecule has 2 aromatic rings. The van der Waals surface area contributed by atoms with E-state index < -0.39 is 0 Å². The number of carbonyl (C=O) groups excluding carboxylic acids is 1. The summed E-state index contributed by atoms with van der Waals surface area (Å²) in [5.41, 5.74) is 8.90. The Kier molecular flexibility index (Phi) is 3.85. The third-order valence-electron chi connectivity index (χ3n) is 3.02. The first-order valence-electron chi connectivity index (χ1n) is 6.26. The maximum atomic E-state index is 12.1. The van der Waals surface area contributed by atoms with Crippen LogP contribution in [0.3, 0.4) is 0 Å². The summed E-state index contributed by atoms with van der Waals surface area (Å²) in [6.07, 6.45) is 0.812. The first kappa shape index (κ1) is 13.1. The van der Waals surface area contributed by atoms with E-state index in [-0.39, 0.29) is 5.91 Å². The lowest BCUT2D eigenvalue weighted by Gasteiger charge is -2.07. The molecule has 1 amide bonds. The largest absolute Gasteiger partial charge is 0.398 e. The van der Waals surface area contributed by atoms with Gasteiger partial charge in [-0.05, 0) is 24.1 Å². The third-order valence-corrected chi connectivity index (χ3v) is 3.02. The number of para-hydroxylation sites is 1. The van der Waals surface area contributed by atoms with E-state index in [4.69, 9.17) is 5.73 Å². The lowest BCUT2D eigenvalue weighted by molar-refractivity contribution is 0.0941. The number of nitrogen functional groups attached to an aromatic ring is 1. The Morgan fingerprint density at radius 3 is 2.79 bits per heavy atom. The third kappa shape index (κ3) is 2.93. The summed E-state index contributed by atoms with van der Waals surface area (Å²) in [5, 5.41) is 7.11. The molecule has 0 fully saturated rings. The molecule has 0 saturated carbocycles. The Morgan fingerprint density at radius 2 is 2.16 bits per heavy atom. The SMILES string of the molecule is CCc1cc(C(=O)NCc2ccccc2N)n(C)n1. The minimum absolute atomic E-state index is 0.141. The quantitative estimate of drug-likeness (QED) is 0.816. The molecule has 0 atom stereocenters. The number of benzene rings is 1. The highest BCUT2D eigenvalue weighted by Crippen LogP contribution is 2.10. The molecule has 19 heavy (non-hydrogen) atoms. The topological polar surface area (TPSA) is 72.9 Å². The molecule has 0 aliphatic heterocycles. The molecule has 0 radical (unpaired) electrons. The van der Waals surface area contributed by atoms with E-state index in [9.17, 15) is 4.79 Å². The molecule has 0 spiro atoms. The van der Waals surface area contributed by atoms with Gasteiger partial charge in [0.2, 0.25) is 0 Å². The number of nitrogens with zero attached hydrogens (tertiary/aromatic N) is 2. The maximum Gasteiger partial charge on any atom is 0.269 e. The fraction of sp³-hybridized carbons (Fsp3) is 0.286. The van der Waals surface area contributed by atoms with Crippen LogP contribution in [0.4, 0.5) is 5.69 Å². The van der Waals surface area contributed by atoms with Gasteiger partial charge >= 0.3 is 0 Å². The van der Waals surface area contributed by atoms with Gasteiger partial charge in [0.05, 0.1) is 5.69 Å². The van der Waals surface area contributed by atoms with Gasteiger partial charge in [0, 0.05) is 19.3 Å². The molecule has 3 N–H and O–H groups in total. The van der Waals surface area contributed by atoms with Crippen molar-refractivity contribution in [3.05, 3.63) is 47.3 Å². The second kappa shape index (κ2) is 5.56. The fourth-order valence-corrected chi connectivity index (χ4v) is 1.87. The number of rotatable bonds is 4. The average molecular weight is 258 g/mol. The van der Waals surface area contributed by atoms with Gasteiger partial charge in [-0.3, -0.25) is 9.48 Å². The molecular weight excluding hydrogens is 240 g/mol. The van der Waals surface area contributed by atoms with E-state index in [0.717, 1.165) is 17.7 Å². The van der Waals surface area contributed by atoms with Crippen LogP contribution in [0.1, 0.15) is 28.7 Å². The van der Waals surface area contributed by atoms with Crippen molar-refractivity contribution < 1.29 is 4.79 Å². The number of hydrogen-bond donors (Lipinski definition) is 2. The highest BCUT2D eigenvalue weighted by atomic mass is 16.2. The number of anilines is 1. The zero-order valence-corrected chi connectivity index (χ0v) is 11.2. The summed E-state index contributed by atoms with van der Waals surface area (Å²) >= 11 is 0. The van der Waals surface area contributed by atoms with Crippen LogP contribution < -0.4 is 11.1 Å². The van der Waals surface area contributed by atoms with E-state index in [0.29, 0.717) is 17.9 Å². The van der Waals surface area contributed by atoms with E-state index in [2.05, 4.69) is 10.4 Å². The highest BCUT2D eigenvalue weighted by Gasteiger charge is 2.12. The molecular formula is C14H18N4O. The molecule has 5 heteroatoms. The van der Waals surface area contributed by atoms with Crippen molar-refractivity contribution in [2.45, 2.75) is 19.9 Å². The van der Waals surface area contributed by atoms with Crippen molar-refractivity contribution >= 4 is 11.6 Å². The molecule has 1 aromatic carbocycles. The Labute approximate surface area is 112 Å². The Balaban J connectivity index is 2.05. The number of hydrogen-bond acceptors (Lipinski definition) is 3. The van der Waals surface area contributed by atoms with Crippen molar-refractivity contribution in [3.8, 4) is 0 Å². The van der Waals surface area contributed by atoms with Gasteiger partial charge in [0.15, 0.2) is 0 Å². The van der Waals surface area contributed by atoms with Gasteiger partial charge in [0.1, 0.15) is 5.69 Å². The summed E-state index contributed by atoms with van der Waals surface area (Å²) in [7, 11) is 1.77. The van der Waals surface area contributed by atoms with Crippen LogP contribution in [0, 0.1) is 0 Å². The van der Waals surface area contributed by atoms with Gasteiger partial charge < -0.3 is 11.1 Å². The second-order valence-corrected chi connectivity index (χ2v) is 4.38. The van der Waals surface area contributed by atoms with E-state index in [1.807, 2.05) is 37.3 Å². The molecule has 0 unspecified atom stereocenters. The Bertz CT molecular complexity index is 589. The molecule has 100 valence electrons. The number of nitrogens with one attached hydrogen (secondary N) is 1. The highest BCUT2D eigenvalue weighted by molar-refractivity contribution is 5.92. The van der Waals surface area contributed by atoms with Crippen LogP contribution in [-0.2, 0) is 20.0 Å². The lowest BCUT2D eigenvalue weighted by atomic mass is 10.2. The predicted molar refractivity (Wildman–Crippen MR) is 74.6 cm³/mol. The Morgan fingerprint density at radius 1 is 1.42 bits per heavy atom. The van der Waals surface area contributed by atoms with Gasteiger partial charge in [-0.25, -0.2) is 0 Å². The summed E-state index contributed by atoms with van der Waals surface area (Å²) < 4.78 is 1.60. The monoisotopic (exact) mass is 258 g/mol. The van der Waals surface area contributed by atoms with Crippen LogP contribution >= 0.6 is 0 Å². The summed E-state index contributed by atoms with van der Waals surface area (Å²) in [5.74, 6) is -0.141. The zero-order valence-electron chi connectivity index (χ0n) is 11.2. The summed E-state index contributed by atoms with van der Waals surface area (Å²) in [6, 6.07) is 9.30. The normalized spacial score (nSPS) is 10.4. The van der Waals surface area contributed by atoms with Crippen LogP contribution in [-0.4, -0.2) is 15.7 Å². The zero-order chi connectivity index (χ0) is 13.8. The Hall–Kier alpha value is -2.30. The molecule has 1 heterocycles. The number of nitrogens with two attached hydrogens (primary N) is 1. The second-order valence-electron chi connectivity index (χ2n) is 4.38. The molecule has 0 aliphatic rings. The molecule has 0 saturated heterocycles. The molecule has 0 aliphatic carbocycles. The maximum absolute atomic E-state index is 12.1.